The molecule has 1 aromatic carbocycles. The Morgan fingerprint density at radius 3 is 2.83 bits per heavy atom. The number of rotatable bonds is 6. The van der Waals surface area contributed by atoms with Gasteiger partial charge < -0.3 is 22.1 Å². The number of nitrogens with two attached hydrogens (primary N) is 2. The van der Waals surface area contributed by atoms with Gasteiger partial charge in [0.2, 0.25) is 5.95 Å². The molecule has 1 aliphatic rings. The number of carbonyl (C=O) groups is 1. The lowest BCUT2D eigenvalue weighted by Crippen LogP contribution is -2.43. The number of carbonyl (C=O) groups excluding carboxylic acids is 1. The van der Waals surface area contributed by atoms with Crippen LogP contribution in [0.5, 0.6) is 0 Å². The summed E-state index contributed by atoms with van der Waals surface area (Å²) >= 11 is 0. The lowest BCUT2D eigenvalue weighted by Gasteiger charge is -2.29. The van der Waals surface area contributed by atoms with Gasteiger partial charge in [0, 0.05) is 24.0 Å². The van der Waals surface area contributed by atoms with Crippen LogP contribution < -0.4 is 22.1 Å². The molecule has 0 spiro atoms. The smallest absolute Gasteiger partial charge is 0.254 e. The summed E-state index contributed by atoms with van der Waals surface area (Å²) in [7, 11) is 0. The molecular formula is C20H25N9O. The highest BCUT2D eigenvalue weighted by molar-refractivity contribution is 5.98. The molecule has 0 bridgehead atoms. The van der Waals surface area contributed by atoms with Gasteiger partial charge in [0.05, 0.1) is 18.1 Å². The topological polar surface area (TPSA) is 150 Å². The van der Waals surface area contributed by atoms with E-state index in [4.69, 9.17) is 11.5 Å². The molecule has 3 aromatic rings. The van der Waals surface area contributed by atoms with E-state index in [1.165, 1.54) is 6.20 Å². The Hall–Kier alpha value is -3.53. The van der Waals surface area contributed by atoms with E-state index < -0.39 is 5.91 Å². The van der Waals surface area contributed by atoms with Crippen molar-refractivity contribution in [3.63, 3.8) is 0 Å². The number of hydrogen-bond acceptors (Lipinski definition) is 8. The van der Waals surface area contributed by atoms with Crippen molar-refractivity contribution in [3.8, 4) is 5.69 Å². The van der Waals surface area contributed by atoms with Crippen molar-refractivity contribution in [1.82, 2.24) is 25.0 Å². The zero-order valence-electron chi connectivity index (χ0n) is 16.7. The van der Waals surface area contributed by atoms with E-state index in [0.29, 0.717) is 11.8 Å². The largest absolute Gasteiger partial charge is 0.365 e. The van der Waals surface area contributed by atoms with Crippen LogP contribution in [0.4, 0.5) is 17.5 Å². The minimum atomic E-state index is -0.609. The maximum absolute atomic E-state index is 11.9. The Balaban J connectivity index is 1.62. The molecule has 30 heavy (non-hydrogen) atoms. The van der Waals surface area contributed by atoms with Gasteiger partial charge in [0.25, 0.3) is 5.91 Å². The van der Waals surface area contributed by atoms with Crippen LogP contribution in [0.3, 0.4) is 0 Å². The Kier molecular flexibility index (Phi) is 5.57. The molecule has 1 fully saturated rings. The molecule has 6 N–H and O–H groups in total. The minimum absolute atomic E-state index is 0.0527. The third-order valence-electron chi connectivity index (χ3n) is 5.33. The lowest BCUT2D eigenvalue weighted by atomic mass is 9.91. The number of benzene rings is 1. The van der Waals surface area contributed by atoms with Crippen molar-refractivity contribution < 1.29 is 4.79 Å². The second kappa shape index (κ2) is 8.46. The normalized spacial score (nSPS) is 18.7. The van der Waals surface area contributed by atoms with Crippen LogP contribution in [0.1, 0.15) is 41.6 Å². The van der Waals surface area contributed by atoms with Gasteiger partial charge in [-0.3, -0.25) is 4.79 Å². The molecule has 2 atom stereocenters. The third kappa shape index (κ3) is 4.23. The molecular weight excluding hydrogens is 382 g/mol. The maximum atomic E-state index is 11.9. The van der Waals surface area contributed by atoms with Crippen LogP contribution in [-0.2, 0) is 0 Å². The van der Waals surface area contributed by atoms with Crippen LogP contribution in [0.15, 0.2) is 36.8 Å². The van der Waals surface area contributed by atoms with E-state index in [1.54, 1.807) is 17.1 Å². The standard InChI is InChI=1S/C20H25N9O/c1-12-6-7-13(10-17(12)29-9-8-24-28-29)25-19-14(18(22)30)11-23-20(27-19)26-16-5-3-2-4-15(16)21/h6-11,15-16H,2-5,21H2,1H3,(H2,22,30)(H2,23,25,26,27)/t15-,16+/m0/s1. The number of anilines is 3. The van der Waals surface area contributed by atoms with Gasteiger partial charge in [-0.2, -0.15) is 4.98 Å². The summed E-state index contributed by atoms with van der Waals surface area (Å²) < 4.78 is 1.67. The fourth-order valence-electron chi connectivity index (χ4n) is 3.64. The number of aromatic nitrogens is 5. The predicted molar refractivity (Wildman–Crippen MR) is 114 cm³/mol. The molecule has 2 heterocycles. The van der Waals surface area contributed by atoms with Crippen LogP contribution in [0.2, 0.25) is 0 Å². The molecule has 0 aliphatic heterocycles. The summed E-state index contributed by atoms with van der Waals surface area (Å²) in [6.07, 6.45) is 8.99. The quantitative estimate of drug-likeness (QED) is 0.484. The SMILES string of the molecule is Cc1ccc(Nc2nc(N[C@@H]3CCCC[C@@H]3N)ncc2C(N)=O)cc1-n1ccnn1. The first-order valence-corrected chi connectivity index (χ1v) is 9.94. The van der Waals surface area contributed by atoms with E-state index in [1.807, 2.05) is 25.1 Å². The van der Waals surface area contributed by atoms with E-state index in [0.717, 1.165) is 42.6 Å². The van der Waals surface area contributed by atoms with Crippen LogP contribution in [0.25, 0.3) is 5.69 Å². The highest BCUT2D eigenvalue weighted by atomic mass is 16.1. The summed E-state index contributed by atoms with van der Waals surface area (Å²) in [4.78, 5) is 20.7. The Morgan fingerprint density at radius 1 is 1.27 bits per heavy atom. The van der Waals surface area contributed by atoms with Crippen molar-refractivity contribution in [2.75, 3.05) is 10.6 Å². The van der Waals surface area contributed by atoms with Gasteiger partial charge in [-0.05, 0) is 37.5 Å². The maximum Gasteiger partial charge on any atom is 0.254 e. The number of primary amides is 1. The second-order valence-electron chi connectivity index (χ2n) is 7.49. The average molecular weight is 407 g/mol. The van der Waals surface area contributed by atoms with Crippen molar-refractivity contribution >= 4 is 23.4 Å². The number of nitrogens with zero attached hydrogens (tertiary/aromatic N) is 5. The van der Waals surface area contributed by atoms with Crippen molar-refractivity contribution in [3.05, 3.63) is 47.9 Å². The summed E-state index contributed by atoms with van der Waals surface area (Å²) in [6, 6.07) is 5.90. The van der Waals surface area contributed by atoms with Crippen LogP contribution in [0, 0.1) is 6.92 Å². The first kappa shape index (κ1) is 19.8. The van der Waals surface area contributed by atoms with Gasteiger partial charge in [-0.15, -0.1) is 5.10 Å². The molecule has 0 unspecified atom stereocenters. The molecule has 2 aromatic heterocycles. The molecule has 10 nitrogen and oxygen atoms in total. The fourth-order valence-corrected chi connectivity index (χ4v) is 3.64. The highest BCUT2D eigenvalue weighted by Gasteiger charge is 2.23. The number of aryl methyl sites for hydroxylation is 1. The molecule has 4 rings (SSSR count). The van der Waals surface area contributed by atoms with E-state index >= 15 is 0 Å². The van der Waals surface area contributed by atoms with Crippen molar-refractivity contribution in [2.24, 2.45) is 11.5 Å². The Morgan fingerprint density at radius 2 is 2.10 bits per heavy atom. The van der Waals surface area contributed by atoms with E-state index in [9.17, 15) is 4.79 Å². The summed E-state index contributed by atoms with van der Waals surface area (Å²) in [5.41, 5.74) is 14.6. The first-order chi connectivity index (χ1) is 14.5. The molecule has 156 valence electrons. The Labute approximate surface area is 174 Å². The molecule has 1 saturated carbocycles. The minimum Gasteiger partial charge on any atom is -0.365 e. The number of amides is 1. The average Bonchev–Trinajstić information content (AvgIpc) is 3.26. The van der Waals surface area contributed by atoms with Crippen LogP contribution >= 0.6 is 0 Å². The second-order valence-corrected chi connectivity index (χ2v) is 7.49. The summed E-state index contributed by atoms with van der Waals surface area (Å²) in [5, 5.41) is 14.4. The predicted octanol–water partition coefficient (Wildman–Crippen LogP) is 1.89. The molecule has 1 aliphatic carbocycles. The fraction of sp³-hybridized carbons (Fsp3) is 0.350. The third-order valence-corrected chi connectivity index (χ3v) is 5.33. The van der Waals surface area contributed by atoms with E-state index in [2.05, 4.69) is 30.9 Å². The zero-order valence-corrected chi connectivity index (χ0v) is 16.7. The highest BCUT2D eigenvalue weighted by Crippen LogP contribution is 2.25. The molecule has 0 saturated heterocycles. The van der Waals surface area contributed by atoms with E-state index in [-0.39, 0.29) is 17.6 Å². The van der Waals surface area contributed by atoms with Gasteiger partial charge in [0.15, 0.2) is 0 Å². The Bertz CT molecular complexity index is 1030. The number of hydrogen-bond donors (Lipinski definition) is 4. The van der Waals surface area contributed by atoms with Crippen LogP contribution in [-0.4, -0.2) is 43.0 Å². The molecule has 10 heteroatoms. The van der Waals surface area contributed by atoms with Gasteiger partial charge in [-0.25, -0.2) is 9.67 Å². The first-order valence-electron chi connectivity index (χ1n) is 9.94. The lowest BCUT2D eigenvalue weighted by molar-refractivity contribution is 0.100. The monoisotopic (exact) mass is 407 g/mol. The number of nitrogens with one attached hydrogen (secondary N) is 2. The van der Waals surface area contributed by atoms with Crippen molar-refractivity contribution in [2.45, 2.75) is 44.7 Å². The summed E-state index contributed by atoms with van der Waals surface area (Å²) in [5.74, 6) is 0.133. The van der Waals surface area contributed by atoms with Crippen molar-refractivity contribution in [1.29, 1.82) is 0 Å². The van der Waals surface area contributed by atoms with Gasteiger partial charge >= 0.3 is 0 Å². The van der Waals surface area contributed by atoms with Gasteiger partial charge in [-0.1, -0.05) is 24.1 Å². The van der Waals surface area contributed by atoms with Gasteiger partial charge in [0.1, 0.15) is 11.4 Å². The molecule has 1 amide bonds. The molecule has 0 radical (unpaired) electrons. The summed E-state index contributed by atoms with van der Waals surface area (Å²) in [6.45, 7) is 1.98. The zero-order chi connectivity index (χ0) is 21.1.